The topological polar surface area (TPSA) is 102 Å². The van der Waals surface area contributed by atoms with E-state index in [4.69, 9.17) is 4.74 Å². The van der Waals surface area contributed by atoms with Gasteiger partial charge in [0, 0.05) is 28.2 Å². The Bertz CT molecular complexity index is 990. The van der Waals surface area contributed by atoms with Gasteiger partial charge in [0.05, 0.1) is 4.92 Å². The molecule has 0 saturated heterocycles. The number of nitrogens with one attached hydrogen (secondary N) is 1. The largest absolute Gasteiger partial charge is 0.454 e. The van der Waals surface area contributed by atoms with E-state index in [1.54, 1.807) is 18.3 Å². The highest BCUT2D eigenvalue weighted by atomic mass is 16.6. The molecule has 1 heterocycles. The quantitative estimate of drug-likeness (QED) is 0.332. The summed E-state index contributed by atoms with van der Waals surface area (Å²) in [6, 6.07) is 11.6. The number of rotatable bonds is 5. The molecule has 25 heavy (non-hydrogen) atoms. The molecule has 0 amide bonds. The van der Waals surface area contributed by atoms with E-state index < -0.39 is 17.5 Å². The number of nitrogens with zero attached hydrogens (tertiary/aromatic N) is 1. The number of ketones is 1. The van der Waals surface area contributed by atoms with Crippen molar-refractivity contribution in [2.45, 2.75) is 6.92 Å². The summed E-state index contributed by atoms with van der Waals surface area (Å²) in [5, 5.41) is 11.9. The Kier molecular flexibility index (Phi) is 4.30. The Morgan fingerprint density at radius 1 is 1.12 bits per heavy atom. The molecule has 0 saturated carbocycles. The third kappa shape index (κ3) is 3.12. The maximum Gasteiger partial charge on any atom is 0.345 e. The summed E-state index contributed by atoms with van der Waals surface area (Å²) in [5.74, 6) is -1.29. The van der Waals surface area contributed by atoms with Gasteiger partial charge in [0.25, 0.3) is 5.69 Å². The van der Waals surface area contributed by atoms with Crippen molar-refractivity contribution >= 4 is 28.3 Å². The van der Waals surface area contributed by atoms with Crippen molar-refractivity contribution in [2.24, 2.45) is 0 Å². The zero-order chi connectivity index (χ0) is 18.0. The molecule has 0 fully saturated rings. The fraction of sp³-hybridized carbons (Fsp3) is 0.111. The number of carbonyl (C=O) groups excluding carboxylic acids is 2. The summed E-state index contributed by atoms with van der Waals surface area (Å²) in [7, 11) is 0. The number of ether oxygens (including phenoxy) is 1. The maximum atomic E-state index is 12.3. The van der Waals surface area contributed by atoms with E-state index in [0.717, 1.165) is 10.9 Å². The lowest BCUT2D eigenvalue weighted by Crippen LogP contribution is -2.15. The van der Waals surface area contributed by atoms with E-state index in [2.05, 4.69) is 4.98 Å². The van der Waals surface area contributed by atoms with Gasteiger partial charge in [0.1, 0.15) is 5.56 Å². The number of aryl methyl sites for hydroxylation is 1. The molecule has 3 aromatic rings. The molecule has 0 aliphatic carbocycles. The molecule has 0 radical (unpaired) electrons. The molecule has 0 unspecified atom stereocenters. The van der Waals surface area contributed by atoms with Gasteiger partial charge in [0.2, 0.25) is 5.78 Å². The van der Waals surface area contributed by atoms with Gasteiger partial charge in [0.15, 0.2) is 6.61 Å². The van der Waals surface area contributed by atoms with Crippen LogP contribution in [-0.4, -0.2) is 28.3 Å². The van der Waals surface area contributed by atoms with E-state index >= 15 is 0 Å². The van der Waals surface area contributed by atoms with E-state index in [-0.39, 0.29) is 17.0 Å². The number of aromatic amines is 1. The first-order chi connectivity index (χ1) is 12.0. The van der Waals surface area contributed by atoms with Gasteiger partial charge in [-0.25, -0.2) is 4.79 Å². The van der Waals surface area contributed by atoms with Crippen LogP contribution in [0.2, 0.25) is 0 Å². The van der Waals surface area contributed by atoms with Crippen LogP contribution in [0, 0.1) is 17.0 Å². The average molecular weight is 338 g/mol. The second-order valence-electron chi connectivity index (χ2n) is 5.48. The van der Waals surface area contributed by atoms with E-state index in [1.807, 2.05) is 12.1 Å². The highest BCUT2D eigenvalue weighted by molar-refractivity contribution is 6.09. The van der Waals surface area contributed by atoms with Crippen LogP contribution in [0.5, 0.6) is 0 Å². The van der Waals surface area contributed by atoms with Crippen LogP contribution in [0.15, 0.2) is 48.7 Å². The zero-order valence-corrected chi connectivity index (χ0v) is 13.3. The highest BCUT2D eigenvalue weighted by Crippen LogP contribution is 2.24. The molecular weight excluding hydrogens is 324 g/mol. The van der Waals surface area contributed by atoms with Gasteiger partial charge in [-0.15, -0.1) is 0 Å². The number of nitro benzene ring substituents is 1. The number of carbonyl (C=O) groups is 2. The van der Waals surface area contributed by atoms with Crippen molar-refractivity contribution in [3.05, 3.63) is 75.5 Å². The molecule has 1 N–H and O–H groups in total. The van der Waals surface area contributed by atoms with Crippen LogP contribution in [0.1, 0.15) is 26.3 Å². The third-order valence-electron chi connectivity index (χ3n) is 3.86. The highest BCUT2D eigenvalue weighted by Gasteiger charge is 2.24. The number of nitro groups is 1. The molecule has 7 nitrogen and oxygen atoms in total. The van der Waals surface area contributed by atoms with Gasteiger partial charge in [-0.3, -0.25) is 14.9 Å². The van der Waals surface area contributed by atoms with Gasteiger partial charge in [-0.05, 0) is 19.1 Å². The predicted molar refractivity (Wildman–Crippen MR) is 90.7 cm³/mol. The first-order valence-electron chi connectivity index (χ1n) is 7.49. The number of Topliss-reactive ketones (excluding diaryl/α,β-unsaturated/α-hetero) is 1. The molecule has 3 rings (SSSR count). The van der Waals surface area contributed by atoms with Crippen LogP contribution in [0.25, 0.3) is 10.9 Å². The van der Waals surface area contributed by atoms with E-state index in [0.29, 0.717) is 11.1 Å². The summed E-state index contributed by atoms with van der Waals surface area (Å²) in [5.41, 5.74) is 1.07. The minimum atomic E-state index is -0.899. The lowest BCUT2D eigenvalue weighted by molar-refractivity contribution is -0.385. The number of benzene rings is 2. The summed E-state index contributed by atoms with van der Waals surface area (Å²) in [4.78, 5) is 38.0. The molecular formula is C18H14N2O5. The van der Waals surface area contributed by atoms with Gasteiger partial charge >= 0.3 is 5.97 Å². The predicted octanol–water partition coefficient (Wildman–Crippen LogP) is 3.42. The molecule has 7 heteroatoms. The minimum absolute atomic E-state index is 0.170. The Labute approximate surface area is 142 Å². The first kappa shape index (κ1) is 16.4. The molecule has 126 valence electrons. The smallest absolute Gasteiger partial charge is 0.345 e. The molecule has 0 spiro atoms. The number of para-hydroxylation sites is 2. The minimum Gasteiger partial charge on any atom is -0.454 e. The van der Waals surface area contributed by atoms with Crippen LogP contribution in [0.4, 0.5) is 5.69 Å². The summed E-state index contributed by atoms with van der Waals surface area (Å²) < 4.78 is 5.00. The second-order valence-corrected chi connectivity index (χ2v) is 5.48. The lowest BCUT2D eigenvalue weighted by atomic mass is 10.1. The Hall–Kier alpha value is -3.48. The zero-order valence-electron chi connectivity index (χ0n) is 13.3. The van der Waals surface area contributed by atoms with Crippen molar-refractivity contribution in [3.63, 3.8) is 0 Å². The Morgan fingerprint density at radius 2 is 1.88 bits per heavy atom. The van der Waals surface area contributed by atoms with Gasteiger partial charge < -0.3 is 9.72 Å². The van der Waals surface area contributed by atoms with Crippen molar-refractivity contribution < 1.29 is 19.2 Å². The second kappa shape index (κ2) is 6.56. The summed E-state index contributed by atoms with van der Waals surface area (Å²) >= 11 is 0. The number of hydrogen-bond acceptors (Lipinski definition) is 5. The van der Waals surface area contributed by atoms with E-state index in [9.17, 15) is 19.7 Å². The van der Waals surface area contributed by atoms with Gasteiger partial charge in [-0.1, -0.05) is 30.3 Å². The fourth-order valence-electron chi connectivity index (χ4n) is 2.65. The Balaban J connectivity index is 1.78. The number of esters is 1. The molecule has 0 bridgehead atoms. The van der Waals surface area contributed by atoms with Crippen LogP contribution in [-0.2, 0) is 4.74 Å². The Morgan fingerprint density at radius 3 is 2.64 bits per heavy atom. The fourth-order valence-corrected chi connectivity index (χ4v) is 2.65. The van der Waals surface area contributed by atoms with Crippen molar-refractivity contribution in [2.75, 3.05) is 6.61 Å². The van der Waals surface area contributed by atoms with E-state index in [1.165, 1.54) is 25.1 Å². The lowest BCUT2D eigenvalue weighted by Gasteiger charge is -2.06. The molecule has 0 aliphatic heterocycles. The van der Waals surface area contributed by atoms with Crippen LogP contribution >= 0.6 is 0 Å². The van der Waals surface area contributed by atoms with Crippen molar-refractivity contribution in [1.82, 2.24) is 4.98 Å². The van der Waals surface area contributed by atoms with Gasteiger partial charge in [-0.2, -0.15) is 0 Å². The van der Waals surface area contributed by atoms with Crippen molar-refractivity contribution in [3.8, 4) is 0 Å². The number of fused-ring (bicyclic) bond motifs is 1. The third-order valence-corrected chi connectivity index (χ3v) is 3.86. The monoisotopic (exact) mass is 338 g/mol. The number of hydrogen-bond donors (Lipinski definition) is 1. The molecule has 2 aromatic carbocycles. The summed E-state index contributed by atoms with van der Waals surface area (Å²) in [6.07, 6.45) is 1.55. The van der Waals surface area contributed by atoms with Crippen LogP contribution in [0.3, 0.4) is 0 Å². The van der Waals surface area contributed by atoms with Crippen molar-refractivity contribution in [1.29, 1.82) is 0 Å². The SMILES string of the molecule is Cc1cccc(C(=O)OCC(=O)c2c[nH]c3ccccc23)c1[N+](=O)[O-]. The normalized spacial score (nSPS) is 10.6. The first-order valence-corrected chi connectivity index (χ1v) is 7.49. The van der Waals surface area contributed by atoms with Crippen LogP contribution < -0.4 is 0 Å². The maximum absolute atomic E-state index is 12.3. The number of H-pyrrole nitrogens is 1. The molecule has 0 atom stereocenters. The standard InChI is InChI=1S/C18H14N2O5/c1-11-5-4-7-13(17(11)20(23)24)18(22)25-10-16(21)14-9-19-15-8-3-2-6-12(14)15/h2-9,19H,10H2,1H3. The molecule has 1 aromatic heterocycles. The summed E-state index contributed by atoms with van der Waals surface area (Å²) in [6.45, 7) is 1.04. The molecule has 0 aliphatic rings. The number of aromatic nitrogens is 1. The average Bonchev–Trinajstić information content (AvgIpc) is 3.03.